The highest BCUT2D eigenvalue weighted by Gasteiger charge is 2.34. The van der Waals surface area contributed by atoms with Crippen molar-refractivity contribution in [3.05, 3.63) is 29.3 Å². The van der Waals surface area contributed by atoms with Crippen molar-refractivity contribution in [3.8, 4) is 5.75 Å². The van der Waals surface area contributed by atoms with Gasteiger partial charge in [-0.15, -0.1) is 0 Å². The monoisotopic (exact) mass is 290 g/mol. The van der Waals surface area contributed by atoms with E-state index in [1.165, 1.54) is 36.9 Å². The molecule has 0 radical (unpaired) electrons. The van der Waals surface area contributed by atoms with Crippen LogP contribution in [-0.2, 0) is 6.42 Å². The van der Waals surface area contributed by atoms with Gasteiger partial charge < -0.3 is 15.0 Å². The van der Waals surface area contributed by atoms with Gasteiger partial charge >= 0.3 is 0 Å². The van der Waals surface area contributed by atoms with Crippen molar-refractivity contribution in [2.24, 2.45) is 0 Å². The Labute approximate surface area is 129 Å². The Hall–Kier alpha value is -1.06. The lowest BCUT2D eigenvalue weighted by atomic mass is 10.1. The maximum absolute atomic E-state index is 5.41. The Kier molecular flexibility index (Phi) is 6.07. The molecule has 2 rings (SSSR count). The minimum absolute atomic E-state index is 0.428. The van der Waals surface area contributed by atoms with E-state index in [2.05, 4.69) is 49.3 Å². The molecular formula is C18H30N2O. The molecule has 0 aromatic heterocycles. The number of nitrogens with zero attached hydrogens (tertiary/aromatic N) is 1. The van der Waals surface area contributed by atoms with Gasteiger partial charge in [0, 0.05) is 12.1 Å². The smallest absolute Gasteiger partial charge is 0.119 e. The molecule has 2 unspecified atom stereocenters. The van der Waals surface area contributed by atoms with E-state index in [9.17, 15) is 0 Å². The molecule has 1 N–H and O–H groups in total. The first-order chi connectivity index (χ1) is 10.2. The van der Waals surface area contributed by atoms with Crippen molar-refractivity contribution in [2.45, 2.75) is 51.6 Å². The fourth-order valence-corrected chi connectivity index (χ4v) is 3.26. The van der Waals surface area contributed by atoms with Crippen molar-refractivity contribution < 1.29 is 4.74 Å². The summed E-state index contributed by atoms with van der Waals surface area (Å²) in [6.07, 6.45) is 4.83. The molecule has 1 aliphatic rings. The summed E-state index contributed by atoms with van der Waals surface area (Å²) in [6.45, 7) is 6.73. The Morgan fingerprint density at radius 2 is 2.10 bits per heavy atom. The summed E-state index contributed by atoms with van der Waals surface area (Å²) in [5, 5.41) is 3.75. The third-order valence-corrected chi connectivity index (χ3v) is 4.55. The van der Waals surface area contributed by atoms with Gasteiger partial charge in [-0.05, 0) is 62.7 Å². The SMILES string of the molecule is CCCCN(C)C1Cc2ccc(OC)cc2C1NCCC. The van der Waals surface area contributed by atoms with Gasteiger partial charge in [0.2, 0.25) is 0 Å². The molecule has 3 nitrogen and oxygen atoms in total. The van der Waals surface area contributed by atoms with Gasteiger partial charge in [-0.1, -0.05) is 26.3 Å². The van der Waals surface area contributed by atoms with Crippen LogP contribution in [-0.4, -0.2) is 38.2 Å². The van der Waals surface area contributed by atoms with Crippen LogP contribution in [0.5, 0.6) is 5.75 Å². The Balaban J connectivity index is 2.19. The average Bonchev–Trinajstić information content (AvgIpc) is 2.88. The van der Waals surface area contributed by atoms with E-state index in [4.69, 9.17) is 4.74 Å². The van der Waals surface area contributed by atoms with E-state index in [1.807, 2.05) is 0 Å². The first-order valence-electron chi connectivity index (χ1n) is 8.31. The van der Waals surface area contributed by atoms with E-state index in [0.29, 0.717) is 12.1 Å². The molecule has 1 aromatic rings. The Bertz CT molecular complexity index is 447. The number of hydrogen-bond donors (Lipinski definition) is 1. The van der Waals surface area contributed by atoms with Crippen LogP contribution in [0, 0.1) is 0 Å². The molecule has 3 heteroatoms. The highest BCUT2D eigenvalue weighted by Crippen LogP contribution is 2.36. The predicted octanol–water partition coefficient (Wildman–Crippen LogP) is 3.39. The number of unbranched alkanes of at least 4 members (excludes halogenated alkanes) is 1. The fraction of sp³-hybridized carbons (Fsp3) is 0.667. The highest BCUT2D eigenvalue weighted by atomic mass is 16.5. The number of ether oxygens (including phenoxy) is 1. The number of fused-ring (bicyclic) bond motifs is 1. The van der Waals surface area contributed by atoms with Crippen LogP contribution in [0.3, 0.4) is 0 Å². The molecule has 2 atom stereocenters. The van der Waals surface area contributed by atoms with Gasteiger partial charge in [0.25, 0.3) is 0 Å². The number of benzene rings is 1. The maximum Gasteiger partial charge on any atom is 0.119 e. The minimum atomic E-state index is 0.428. The van der Waals surface area contributed by atoms with E-state index in [-0.39, 0.29) is 0 Å². The minimum Gasteiger partial charge on any atom is -0.497 e. The Morgan fingerprint density at radius 3 is 2.76 bits per heavy atom. The molecule has 118 valence electrons. The quantitative estimate of drug-likeness (QED) is 0.794. The molecule has 0 fully saturated rings. The van der Waals surface area contributed by atoms with Crippen LogP contribution in [0.25, 0.3) is 0 Å². The van der Waals surface area contributed by atoms with E-state index in [0.717, 1.165) is 18.7 Å². The summed E-state index contributed by atoms with van der Waals surface area (Å²) in [5.74, 6) is 0.967. The zero-order chi connectivity index (χ0) is 15.2. The van der Waals surface area contributed by atoms with Crippen LogP contribution in [0.1, 0.15) is 50.3 Å². The predicted molar refractivity (Wildman–Crippen MR) is 89.1 cm³/mol. The highest BCUT2D eigenvalue weighted by molar-refractivity contribution is 5.42. The molecule has 0 saturated carbocycles. The number of rotatable bonds is 8. The van der Waals surface area contributed by atoms with Crippen LogP contribution in [0.2, 0.25) is 0 Å². The molecule has 0 bridgehead atoms. The summed E-state index contributed by atoms with van der Waals surface area (Å²) in [6, 6.07) is 7.53. The topological polar surface area (TPSA) is 24.5 Å². The van der Waals surface area contributed by atoms with Gasteiger partial charge in [0.1, 0.15) is 5.75 Å². The Morgan fingerprint density at radius 1 is 1.29 bits per heavy atom. The standard InChI is InChI=1S/C18H30N2O/c1-5-7-11-20(3)17-12-14-8-9-15(21-4)13-16(14)18(17)19-10-6-2/h8-9,13,17-19H,5-7,10-12H2,1-4H3. The van der Waals surface area contributed by atoms with Crippen molar-refractivity contribution >= 4 is 0 Å². The first kappa shape index (κ1) is 16.3. The van der Waals surface area contributed by atoms with E-state index >= 15 is 0 Å². The second-order valence-electron chi connectivity index (χ2n) is 6.10. The lowest BCUT2D eigenvalue weighted by Crippen LogP contribution is -2.41. The van der Waals surface area contributed by atoms with E-state index in [1.54, 1.807) is 7.11 Å². The third-order valence-electron chi connectivity index (χ3n) is 4.55. The largest absolute Gasteiger partial charge is 0.497 e. The number of likely N-dealkylation sites (N-methyl/N-ethyl adjacent to an activating group) is 1. The van der Waals surface area contributed by atoms with Crippen molar-refractivity contribution in [2.75, 3.05) is 27.2 Å². The number of nitrogens with one attached hydrogen (secondary N) is 1. The molecule has 0 amide bonds. The van der Waals surface area contributed by atoms with Gasteiger partial charge in [-0.25, -0.2) is 0 Å². The van der Waals surface area contributed by atoms with Crippen LogP contribution in [0.15, 0.2) is 18.2 Å². The first-order valence-corrected chi connectivity index (χ1v) is 8.31. The summed E-state index contributed by atoms with van der Waals surface area (Å²) < 4.78 is 5.41. The summed E-state index contributed by atoms with van der Waals surface area (Å²) in [5.41, 5.74) is 2.90. The summed E-state index contributed by atoms with van der Waals surface area (Å²) >= 11 is 0. The van der Waals surface area contributed by atoms with Crippen molar-refractivity contribution in [1.82, 2.24) is 10.2 Å². The molecule has 0 spiro atoms. The molecule has 1 aromatic carbocycles. The molecule has 0 saturated heterocycles. The summed E-state index contributed by atoms with van der Waals surface area (Å²) in [7, 11) is 4.01. The second kappa shape index (κ2) is 7.81. The zero-order valence-corrected chi connectivity index (χ0v) is 14.0. The molecular weight excluding hydrogens is 260 g/mol. The maximum atomic E-state index is 5.41. The third kappa shape index (κ3) is 3.78. The van der Waals surface area contributed by atoms with Crippen LogP contribution >= 0.6 is 0 Å². The zero-order valence-electron chi connectivity index (χ0n) is 14.0. The fourth-order valence-electron chi connectivity index (χ4n) is 3.26. The van der Waals surface area contributed by atoms with Crippen LogP contribution in [0.4, 0.5) is 0 Å². The van der Waals surface area contributed by atoms with Gasteiger partial charge in [0.15, 0.2) is 0 Å². The van der Waals surface area contributed by atoms with Crippen molar-refractivity contribution in [3.63, 3.8) is 0 Å². The van der Waals surface area contributed by atoms with Crippen molar-refractivity contribution in [1.29, 1.82) is 0 Å². The molecule has 21 heavy (non-hydrogen) atoms. The van der Waals surface area contributed by atoms with Gasteiger partial charge in [-0.3, -0.25) is 0 Å². The second-order valence-corrected chi connectivity index (χ2v) is 6.10. The molecule has 0 aliphatic heterocycles. The lowest BCUT2D eigenvalue weighted by Gasteiger charge is -2.30. The number of methoxy groups -OCH3 is 1. The average molecular weight is 290 g/mol. The number of hydrogen-bond acceptors (Lipinski definition) is 3. The van der Waals surface area contributed by atoms with Gasteiger partial charge in [-0.2, -0.15) is 0 Å². The van der Waals surface area contributed by atoms with Gasteiger partial charge in [0.05, 0.1) is 7.11 Å². The normalized spacial score (nSPS) is 20.8. The summed E-state index contributed by atoms with van der Waals surface area (Å²) in [4.78, 5) is 2.53. The molecule has 1 aliphatic carbocycles. The van der Waals surface area contributed by atoms with E-state index < -0.39 is 0 Å². The molecule has 0 heterocycles. The van der Waals surface area contributed by atoms with Crippen LogP contribution < -0.4 is 10.1 Å². The lowest BCUT2D eigenvalue weighted by molar-refractivity contribution is 0.201.